The molecule has 0 saturated heterocycles. The van der Waals surface area contributed by atoms with Crippen LogP contribution < -0.4 is 4.74 Å². The number of pyridine rings is 1. The summed E-state index contributed by atoms with van der Waals surface area (Å²) in [5.74, 6) is -1.66. The first-order valence-corrected chi connectivity index (χ1v) is 18.4. The Bertz CT molecular complexity index is 2250. The number of rotatable bonds is 9. The molecule has 2 aliphatic heterocycles. The van der Waals surface area contributed by atoms with Crippen molar-refractivity contribution in [3.8, 4) is 39.5 Å². The van der Waals surface area contributed by atoms with Gasteiger partial charge in [0.25, 0.3) is 0 Å². The van der Waals surface area contributed by atoms with Crippen LogP contribution in [0.5, 0.6) is 5.75 Å². The molecule has 0 fully saturated rings. The fourth-order valence-electron chi connectivity index (χ4n) is 7.52. The van der Waals surface area contributed by atoms with E-state index in [1.807, 2.05) is 49.2 Å². The van der Waals surface area contributed by atoms with E-state index in [1.54, 1.807) is 23.9 Å². The number of methoxy groups -OCH3 is 1. The minimum Gasteiger partial charge on any atom is -0.490 e. The number of fused-ring (bicyclic) bond motifs is 3. The number of benzene rings is 2. The Balaban J connectivity index is 1.45. The Labute approximate surface area is 311 Å². The summed E-state index contributed by atoms with van der Waals surface area (Å²) < 4.78 is 44.9. The normalized spacial score (nSPS) is 18.5. The number of amides is 2. The van der Waals surface area contributed by atoms with Crippen molar-refractivity contribution >= 4 is 33.2 Å². The maximum absolute atomic E-state index is 16.3. The smallest absolute Gasteiger partial charge is 0.246 e. The van der Waals surface area contributed by atoms with Gasteiger partial charge in [-0.25, -0.2) is 13.8 Å². The monoisotopic (exact) mass is 740 g/mol. The Morgan fingerprint density at radius 1 is 1.06 bits per heavy atom. The van der Waals surface area contributed by atoms with E-state index in [4.69, 9.17) is 19.6 Å². The second-order valence-corrected chi connectivity index (χ2v) is 14.8. The van der Waals surface area contributed by atoms with Crippen LogP contribution >= 0.6 is 11.3 Å². The van der Waals surface area contributed by atoms with Gasteiger partial charge in [0, 0.05) is 62.9 Å². The average molecular weight is 741 g/mol. The van der Waals surface area contributed by atoms with Crippen molar-refractivity contribution < 1.29 is 27.8 Å². The number of nitrogens with zero attached hydrogens (tertiary/aromatic N) is 6. The quantitative estimate of drug-likeness (QED) is 0.120. The first-order chi connectivity index (χ1) is 25.4. The van der Waals surface area contributed by atoms with Crippen LogP contribution in [0.4, 0.5) is 8.78 Å². The minimum atomic E-state index is -0.798. The van der Waals surface area contributed by atoms with Crippen molar-refractivity contribution in [2.75, 3.05) is 48.0 Å². The van der Waals surface area contributed by atoms with Crippen molar-refractivity contribution in [2.24, 2.45) is 0 Å². The van der Waals surface area contributed by atoms with Gasteiger partial charge in [0.1, 0.15) is 35.4 Å². The summed E-state index contributed by atoms with van der Waals surface area (Å²) in [4.78, 5) is 36.5. The Hall–Kier alpha value is -4.98. The molecule has 3 aromatic heterocycles. The van der Waals surface area contributed by atoms with Crippen LogP contribution in [0, 0.1) is 11.6 Å². The number of likely N-dealkylation sites (N-methyl/N-ethyl adjacent to an activating group) is 2. The molecule has 0 saturated carbocycles. The van der Waals surface area contributed by atoms with E-state index >= 15 is 4.39 Å². The highest BCUT2D eigenvalue weighted by atomic mass is 32.1. The molecule has 7 rings (SSSR count). The van der Waals surface area contributed by atoms with Gasteiger partial charge in [0.15, 0.2) is 0 Å². The van der Waals surface area contributed by atoms with E-state index in [1.165, 1.54) is 30.6 Å². The van der Waals surface area contributed by atoms with Crippen LogP contribution in [0.2, 0.25) is 0 Å². The van der Waals surface area contributed by atoms with Crippen LogP contribution in [0.25, 0.3) is 43.9 Å². The predicted octanol–water partition coefficient (Wildman–Crippen LogP) is 6.89. The molecule has 0 unspecified atom stereocenters. The van der Waals surface area contributed by atoms with Crippen molar-refractivity contribution in [2.45, 2.75) is 44.9 Å². The Kier molecular flexibility index (Phi) is 9.92. The molecule has 5 heterocycles. The summed E-state index contributed by atoms with van der Waals surface area (Å²) in [5, 5.41) is 7.69. The lowest BCUT2D eigenvalue weighted by Gasteiger charge is -2.36. The third-order valence-corrected chi connectivity index (χ3v) is 11.2. The molecule has 13 heteroatoms. The van der Waals surface area contributed by atoms with Crippen LogP contribution in [0.15, 0.2) is 60.5 Å². The van der Waals surface area contributed by atoms with E-state index < -0.39 is 11.6 Å². The van der Waals surface area contributed by atoms with Crippen molar-refractivity contribution in [3.05, 3.63) is 89.0 Å². The van der Waals surface area contributed by atoms with Gasteiger partial charge in [-0.15, -0.1) is 11.3 Å². The average Bonchev–Trinajstić information content (AvgIpc) is 3.81. The third-order valence-electron chi connectivity index (χ3n) is 10.2. The SMILES string of the molecule is C=CC(=O)N1C[C@H](C)n2nc(-c3nc(-c4ccc5c(c4)CN(C)[C@H](C(=O)N(C)C)C5)c4sccc4c3-c3c(F)cc(F)cc3OCCOC)cc2[C@H]1C. The molecule has 0 aliphatic carbocycles. The lowest BCUT2D eigenvalue weighted by atomic mass is 9.90. The molecule has 276 valence electrons. The molecule has 0 spiro atoms. The summed E-state index contributed by atoms with van der Waals surface area (Å²) in [6, 6.07) is 11.3. The summed E-state index contributed by atoms with van der Waals surface area (Å²) in [6.07, 6.45) is 1.90. The Morgan fingerprint density at radius 2 is 1.85 bits per heavy atom. The number of ether oxygens (including phenoxy) is 2. The summed E-state index contributed by atoms with van der Waals surface area (Å²) in [5.41, 5.74) is 5.89. The van der Waals surface area contributed by atoms with Crippen molar-refractivity contribution in [3.63, 3.8) is 0 Å². The fraction of sp³-hybridized carbons (Fsp3) is 0.350. The molecular formula is C40H42F2N6O4S. The van der Waals surface area contributed by atoms with Crippen molar-refractivity contribution in [1.29, 1.82) is 0 Å². The second kappa shape index (κ2) is 14.4. The summed E-state index contributed by atoms with van der Waals surface area (Å²) >= 11 is 1.48. The molecule has 10 nitrogen and oxygen atoms in total. The molecular weight excluding hydrogens is 699 g/mol. The van der Waals surface area contributed by atoms with E-state index in [2.05, 4.69) is 23.6 Å². The van der Waals surface area contributed by atoms with Crippen LogP contribution in [-0.4, -0.2) is 95.3 Å². The van der Waals surface area contributed by atoms with Gasteiger partial charge in [-0.1, -0.05) is 18.7 Å². The van der Waals surface area contributed by atoms with Gasteiger partial charge in [-0.2, -0.15) is 5.10 Å². The molecule has 5 aromatic rings. The maximum Gasteiger partial charge on any atom is 0.246 e. The second-order valence-electron chi connectivity index (χ2n) is 13.9. The number of hydrogen-bond donors (Lipinski definition) is 0. The standard InChI is InChI=1S/C40H42F2N6O4S/c1-8-34(49)47-20-22(2)48-31(23(47)3)19-30(44-48)38-35(36-29(42)17-27(41)18-33(36)52-13-12-51-7)28-11-14-53-39(28)37(43-38)25-10-9-24-16-32(40(50)45(4)5)46(6)21-26(24)15-25/h8-11,14-15,17-19,22-23,32H,1,12-13,16,20-21H2,2-7H3/t22-,23+,32-/m0/s1. The topological polar surface area (TPSA) is 93.0 Å². The van der Waals surface area contributed by atoms with Gasteiger partial charge in [0.2, 0.25) is 11.8 Å². The number of carbonyl (C=O) groups is 2. The van der Waals surface area contributed by atoms with E-state index in [-0.39, 0.29) is 54.5 Å². The van der Waals surface area contributed by atoms with Crippen LogP contribution in [0.1, 0.15) is 42.8 Å². The zero-order valence-corrected chi connectivity index (χ0v) is 31.5. The lowest BCUT2D eigenvalue weighted by Crippen LogP contribution is -2.48. The summed E-state index contributed by atoms with van der Waals surface area (Å²) in [7, 11) is 7.03. The highest BCUT2D eigenvalue weighted by molar-refractivity contribution is 7.17. The molecule has 2 amide bonds. The number of carbonyl (C=O) groups excluding carboxylic acids is 2. The zero-order chi connectivity index (χ0) is 37.7. The number of halogens is 2. The largest absolute Gasteiger partial charge is 0.490 e. The molecule has 53 heavy (non-hydrogen) atoms. The first kappa shape index (κ1) is 36.4. The van der Waals surface area contributed by atoms with Crippen LogP contribution in [-0.2, 0) is 27.3 Å². The molecule has 2 aromatic carbocycles. The highest BCUT2D eigenvalue weighted by Crippen LogP contribution is 2.47. The number of thiophene rings is 1. The number of hydrogen-bond acceptors (Lipinski definition) is 8. The van der Waals surface area contributed by atoms with Gasteiger partial charge in [-0.3, -0.25) is 19.2 Å². The highest BCUT2D eigenvalue weighted by Gasteiger charge is 2.35. The number of aromatic nitrogens is 3. The fourth-order valence-corrected chi connectivity index (χ4v) is 8.43. The van der Waals surface area contributed by atoms with Crippen LogP contribution in [0.3, 0.4) is 0 Å². The first-order valence-electron chi connectivity index (χ1n) is 17.5. The molecule has 0 radical (unpaired) electrons. The van der Waals surface area contributed by atoms with Crippen molar-refractivity contribution in [1.82, 2.24) is 29.5 Å². The van der Waals surface area contributed by atoms with Gasteiger partial charge < -0.3 is 19.3 Å². The summed E-state index contributed by atoms with van der Waals surface area (Å²) in [6.45, 7) is 8.92. The zero-order valence-electron chi connectivity index (χ0n) is 30.7. The predicted molar refractivity (Wildman–Crippen MR) is 202 cm³/mol. The molecule has 0 bridgehead atoms. The maximum atomic E-state index is 16.3. The van der Waals surface area contributed by atoms with E-state index in [0.717, 1.165) is 33.2 Å². The molecule has 0 N–H and O–H groups in total. The lowest BCUT2D eigenvalue weighted by molar-refractivity contribution is -0.134. The molecule has 2 aliphatic rings. The Morgan fingerprint density at radius 3 is 2.58 bits per heavy atom. The third kappa shape index (κ3) is 6.51. The van der Waals surface area contributed by atoms with Gasteiger partial charge >= 0.3 is 0 Å². The van der Waals surface area contributed by atoms with E-state index in [0.29, 0.717) is 47.5 Å². The van der Waals surface area contributed by atoms with Gasteiger partial charge in [0.05, 0.1) is 46.4 Å². The molecule has 3 atom stereocenters. The van der Waals surface area contributed by atoms with Gasteiger partial charge in [-0.05, 0) is 68.1 Å². The minimum absolute atomic E-state index is 0.0231. The van der Waals surface area contributed by atoms with E-state index in [9.17, 15) is 14.0 Å².